The van der Waals surface area contributed by atoms with Crippen molar-refractivity contribution in [2.45, 2.75) is 40.5 Å². The van der Waals surface area contributed by atoms with Gasteiger partial charge in [0.05, 0.1) is 0 Å². The second-order valence-electron chi connectivity index (χ2n) is 5.78. The van der Waals surface area contributed by atoms with Crippen LogP contribution in [0.15, 0.2) is 18.2 Å². The van der Waals surface area contributed by atoms with Gasteiger partial charge in [0.15, 0.2) is 0 Å². The molecule has 106 valence electrons. The van der Waals surface area contributed by atoms with E-state index in [0.29, 0.717) is 18.9 Å². The molecule has 1 aromatic carbocycles. The van der Waals surface area contributed by atoms with Gasteiger partial charge in [0.2, 0.25) is 5.91 Å². The number of hydrogen-bond acceptors (Lipinski definition) is 2. The van der Waals surface area contributed by atoms with Crippen LogP contribution in [-0.4, -0.2) is 12.5 Å². The Hall–Kier alpha value is -1.35. The molecule has 1 atom stereocenters. The predicted octanol–water partition coefficient (Wildman–Crippen LogP) is 3.25. The molecule has 0 bridgehead atoms. The summed E-state index contributed by atoms with van der Waals surface area (Å²) in [5.74, 6) is 0.897. The Morgan fingerprint density at radius 1 is 1.26 bits per heavy atom. The number of carbonyl (C=O) groups excluding carboxylic acids is 1. The van der Waals surface area contributed by atoms with Crippen molar-refractivity contribution in [3.63, 3.8) is 0 Å². The molecule has 3 nitrogen and oxygen atoms in total. The normalized spacial score (nSPS) is 12.5. The van der Waals surface area contributed by atoms with Gasteiger partial charge in [-0.3, -0.25) is 4.79 Å². The summed E-state index contributed by atoms with van der Waals surface area (Å²) in [6, 6.07) is 5.98. The van der Waals surface area contributed by atoms with Gasteiger partial charge in [-0.25, -0.2) is 0 Å². The Labute approximate surface area is 116 Å². The molecule has 0 aromatic heterocycles. The zero-order valence-electron chi connectivity index (χ0n) is 12.5. The third kappa shape index (κ3) is 5.43. The molecule has 1 rings (SSSR count). The maximum absolute atomic E-state index is 12.0. The van der Waals surface area contributed by atoms with E-state index >= 15 is 0 Å². The van der Waals surface area contributed by atoms with E-state index in [4.69, 9.17) is 5.73 Å². The van der Waals surface area contributed by atoms with Gasteiger partial charge < -0.3 is 11.1 Å². The molecule has 0 spiro atoms. The van der Waals surface area contributed by atoms with E-state index in [1.54, 1.807) is 0 Å². The number of hydrogen-bond donors (Lipinski definition) is 2. The topological polar surface area (TPSA) is 55.1 Å². The highest BCUT2D eigenvalue weighted by Gasteiger charge is 2.14. The maximum Gasteiger partial charge on any atom is 0.224 e. The van der Waals surface area contributed by atoms with Crippen LogP contribution in [0.4, 0.5) is 5.69 Å². The van der Waals surface area contributed by atoms with Crippen LogP contribution < -0.4 is 11.1 Å². The summed E-state index contributed by atoms with van der Waals surface area (Å²) >= 11 is 0. The van der Waals surface area contributed by atoms with E-state index in [9.17, 15) is 4.79 Å². The van der Waals surface area contributed by atoms with E-state index in [-0.39, 0.29) is 11.8 Å². The number of amides is 1. The van der Waals surface area contributed by atoms with E-state index in [1.807, 2.05) is 25.1 Å². The van der Waals surface area contributed by atoms with E-state index < -0.39 is 0 Å². The monoisotopic (exact) mass is 262 g/mol. The molecular formula is C16H26N2O. The molecule has 1 amide bonds. The van der Waals surface area contributed by atoms with Gasteiger partial charge in [-0.05, 0) is 61.9 Å². The summed E-state index contributed by atoms with van der Waals surface area (Å²) in [6.45, 7) is 8.99. The summed E-state index contributed by atoms with van der Waals surface area (Å²) in [6.07, 6.45) is 1.50. The number of nitrogens with one attached hydrogen (secondary N) is 1. The Balaban J connectivity index is 2.56. The van der Waals surface area contributed by atoms with Gasteiger partial charge in [-0.15, -0.1) is 0 Å². The number of anilines is 1. The van der Waals surface area contributed by atoms with Gasteiger partial charge in [-0.1, -0.05) is 19.9 Å². The highest BCUT2D eigenvalue weighted by atomic mass is 16.1. The number of aryl methyl sites for hydroxylation is 2. The smallest absolute Gasteiger partial charge is 0.224 e. The molecule has 0 heterocycles. The van der Waals surface area contributed by atoms with Crippen molar-refractivity contribution in [2.24, 2.45) is 17.6 Å². The lowest BCUT2D eigenvalue weighted by Gasteiger charge is -2.16. The first-order valence-corrected chi connectivity index (χ1v) is 6.99. The summed E-state index contributed by atoms with van der Waals surface area (Å²) in [4.78, 5) is 12.0. The number of rotatable bonds is 6. The van der Waals surface area contributed by atoms with Gasteiger partial charge in [-0.2, -0.15) is 0 Å². The molecule has 0 aliphatic rings. The molecule has 0 fully saturated rings. The SMILES string of the molecule is Cc1ccc(NC(=O)C[C@@H](CN)CC(C)C)cc1C. The fourth-order valence-electron chi connectivity index (χ4n) is 2.22. The van der Waals surface area contributed by atoms with Crippen molar-refractivity contribution in [3.05, 3.63) is 29.3 Å². The second-order valence-corrected chi connectivity index (χ2v) is 5.78. The molecule has 0 saturated carbocycles. The molecule has 3 N–H and O–H groups in total. The van der Waals surface area contributed by atoms with Crippen LogP contribution in [0.1, 0.15) is 37.8 Å². The minimum absolute atomic E-state index is 0.0550. The number of carbonyl (C=O) groups is 1. The minimum atomic E-state index is 0.0550. The van der Waals surface area contributed by atoms with Gasteiger partial charge >= 0.3 is 0 Å². The van der Waals surface area contributed by atoms with Crippen molar-refractivity contribution in [1.82, 2.24) is 0 Å². The first-order valence-electron chi connectivity index (χ1n) is 6.99. The van der Waals surface area contributed by atoms with E-state index in [0.717, 1.165) is 12.1 Å². The van der Waals surface area contributed by atoms with Crippen LogP contribution in [0, 0.1) is 25.7 Å². The Bertz CT molecular complexity index is 427. The third-order valence-corrected chi connectivity index (χ3v) is 3.40. The first kappa shape index (κ1) is 15.7. The lowest BCUT2D eigenvalue weighted by atomic mass is 9.94. The minimum Gasteiger partial charge on any atom is -0.330 e. The van der Waals surface area contributed by atoms with Crippen LogP contribution in [0.5, 0.6) is 0 Å². The average Bonchev–Trinajstić information content (AvgIpc) is 2.32. The summed E-state index contributed by atoms with van der Waals surface area (Å²) in [7, 11) is 0. The first-order chi connectivity index (χ1) is 8.92. The lowest BCUT2D eigenvalue weighted by Crippen LogP contribution is -2.23. The van der Waals surface area contributed by atoms with Crippen molar-refractivity contribution in [2.75, 3.05) is 11.9 Å². The maximum atomic E-state index is 12.0. The number of nitrogens with two attached hydrogens (primary N) is 1. The Morgan fingerprint density at radius 2 is 1.95 bits per heavy atom. The molecule has 0 saturated heterocycles. The van der Waals surface area contributed by atoms with Crippen LogP contribution in [0.2, 0.25) is 0 Å². The van der Waals surface area contributed by atoms with Crippen LogP contribution in [0.3, 0.4) is 0 Å². The lowest BCUT2D eigenvalue weighted by molar-refractivity contribution is -0.117. The van der Waals surface area contributed by atoms with Crippen molar-refractivity contribution in [1.29, 1.82) is 0 Å². The highest BCUT2D eigenvalue weighted by molar-refractivity contribution is 5.91. The summed E-state index contributed by atoms with van der Waals surface area (Å²) in [5, 5.41) is 2.95. The zero-order chi connectivity index (χ0) is 14.4. The van der Waals surface area contributed by atoms with E-state index in [1.165, 1.54) is 11.1 Å². The molecule has 0 unspecified atom stereocenters. The quantitative estimate of drug-likeness (QED) is 0.826. The van der Waals surface area contributed by atoms with Gasteiger partial charge in [0.25, 0.3) is 0 Å². The predicted molar refractivity (Wildman–Crippen MR) is 81.2 cm³/mol. The van der Waals surface area contributed by atoms with E-state index in [2.05, 4.69) is 26.1 Å². The van der Waals surface area contributed by atoms with Gasteiger partial charge in [0, 0.05) is 12.1 Å². The Morgan fingerprint density at radius 3 is 2.47 bits per heavy atom. The largest absolute Gasteiger partial charge is 0.330 e. The molecule has 0 radical (unpaired) electrons. The van der Waals surface area contributed by atoms with Crippen LogP contribution in [0.25, 0.3) is 0 Å². The molecule has 0 aliphatic heterocycles. The molecule has 1 aromatic rings. The second kappa shape index (κ2) is 7.29. The fraction of sp³-hybridized carbons (Fsp3) is 0.562. The highest BCUT2D eigenvalue weighted by Crippen LogP contribution is 2.17. The van der Waals surface area contributed by atoms with Crippen molar-refractivity contribution < 1.29 is 4.79 Å². The fourth-order valence-corrected chi connectivity index (χ4v) is 2.22. The summed E-state index contributed by atoms with van der Waals surface area (Å²) < 4.78 is 0. The number of benzene rings is 1. The molecule has 19 heavy (non-hydrogen) atoms. The third-order valence-electron chi connectivity index (χ3n) is 3.40. The average molecular weight is 262 g/mol. The molecule has 0 aliphatic carbocycles. The van der Waals surface area contributed by atoms with Crippen LogP contribution in [-0.2, 0) is 4.79 Å². The molecular weight excluding hydrogens is 236 g/mol. The Kier molecular flexibility index (Phi) is 6.03. The van der Waals surface area contributed by atoms with Crippen molar-refractivity contribution >= 4 is 11.6 Å². The summed E-state index contributed by atoms with van der Waals surface area (Å²) in [5.41, 5.74) is 9.02. The molecule has 3 heteroatoms. The van der Waals surface area contributed by atoms with Gasteiger partial charge in [0.1, 0.15) is 0 Å². The standard InChI is InChI=1S/C16H26N2O/c1-11(2)7-14(10-17)9-16(19)18-15-6-5-12(3)13(4)8-15/h5-6,8,11,14H,7,9-10,17H2,1-4H3,(H,18,19)/t14-/m0/s1. The zero-order valence-corrected chi connectivity index (χ0v) is 12.5. The van der Waals surface area contributed by atoms with Crippen molar-refractivity contribution in [3.8, 4) is 0 Å². The van der Waals surface area contributed by atoms with Crippen LogP contribution >= 0.6 is 0 Å².